The van der Waals surface area contributed by atoms with Crippen molar-refractivity contribution in [2.24, 2.45) is 0 Å². The Kier molecular flexibility index (Phi) is 7.79. The number of rotatable bonds is 10. The summed E-state index contributed by atoms with van der Waals surface area (Å²) in [5.74, 6) is 1.26. The third-order valence-electron chi connectivity index (χ3n) is 4.65. The molecule has 2 N–H and O–H groups in total. The molecule has 3 aromatic rings. The minimum atomic E-state index is -3.95. The van der Waals surface area contributed by atoms with Gasteiger partial charge in [-0.05, 0) is 54.4 Å². The summed E-state index contributed by atoms with van der Waals surface area (Å²) in [5, 5.41) is 2.79. The van der Waals surface area contributed by atoms with Crippen LogP contribution < -0.4 is 19.5 Å². The van der Waals surface area contributed by atoms with E-state index in [9.17, 15) is 13.2 Å². The van der Waals surface area contributed by atoms with E-state index in [0.29, 0.717) is 30.2 Å². The maximum atomic E-state index is 12.6. The summed E-state index contributed by atoms with van der Waals surface area (Å²) in [6.45, 7) is 0.309. The molecule has 0 saturated carbocycles. The average Bonchev–Trinajstić information content (AvgIpc) is 3.31. The van der Waals surface area contributed by atoms with Crippen LogP contribution in [0.2, 0.25) is 5.02 Å². The topological polar surface area (TPSA) is 107 Å². The molecule has 1 aromatic heterocycles. The van der Waals surface area contributed by atoms with Gasteiger partial charge in [-0.2, -0.15) is 0 Å². The molecule has 0 saturated heterocycles. The van der Waals surface area contributed by atoms with Crippen LogP contribution in [0.3, 0.4) is 0 Å². The number of halogens is 1. The highest BCUT2D eigenvalue weighted by Gasteiger charge is 2.20. The number of nitrogens with one attached hydrogen (secondary N) is 2. The predicted octanol–water partition coefficient (Wildman–Crippen LogP) is 3.40. The zero-order chi connectivity index (χ0) is 23.1. The summed E-state index contributed by atoms with van der Waals surface area (Å²) in [7, 11) is -0.834. The van der Waals surface area contributed by atoms with E-state index >= 15 is 0 Å². The lowest BCUT2D eigenvalue weighted by atomic mass is 10.1. The fourth-order valence-corrected chi connectivity index (χ4v) is 4.48. The Morgan fingerprint density at radius 2 is 1.84 bits per heavy atom. The quantitative estimate of drug-likeness (QED) is 0.462. The third-order valence-corrected chi connectivity index (χ3v) is 6.53. The molecule has 2 aromatic carbocycles. The number of hydrogen-bond acceptors (Lipinski definition) is 6. The monoisotopic (exact) mass is 478 g/mol. The highest BCUT2D eigenvalue weighted by atomic mass is 35.5. The normalized spacial score (nSPS) is 11.2. The first kappa shape index (κ1) is 23.6. The summed E-state index contributed by atoms with van der Waals surface area (Å²) in [6, 6.07) is 12.9. The maximum Gasteiger partial charge on any atom is 0.251 e. The van der Waals surface area contributed by atoms with Gasteiger partial charge in [-0.15, -0.1) is 0 Å². The van der Waals surface area contributed by atoms with Crippen molar-refractivity contribution >= 4 is 27.5 Å². The van der Waals surface area contributed by atoms with Crippen LogP contribution in [-0.4, -0.2) is 35.1 Å². The number of methoxy groups -OCH3 is 2. The fourth-order valence-electron chi connectivity index (χ4n) is 2.97. The van der Waals surface area contributed by atoms with Crippen molar-refractivity contribution in [2.75, 3.05) is 20.8 Å². The Hall–Kier alpha value is -3.01. The van der Waals surface area contributed by atoms with E-state index in [2.05, 4.69) is 10.0 Å². The second kappa shape index (κ2) is 10.5. The van der Waals surface area contributed by atoms with Gasteiger partial charge in [0.15, 0.2) is 11.5 Å². The van der Waals surface area contributed by atoms with Gasteiger partial charge < -0.3 is 19.2 Å². The standard InChI is InChI=1S/C22H23ClN2O6S/c1-29-19-8-5-15(12-20(19)30-2)9-10-24-22(26)16-6-7-18(23)21(13-16)32(27,28)25-14-17-4-3-11-31-17/h3-8,11-13,25H,9-10,14H2,1-2H3,(H,24,26). The lowest BCUT2D eigenvalue weighted by Gasteiger charge is -2.11. The number of furan rings is 1. The van der Waals surface area contributed by atoms with E-state index in [1.807, 2.05) is 12.1 Å². The molecule has 1 heterocycles. The molecule has 32 heavy (non-hydrogen) atoms. The first-order chi connectivity index (χ1) is 15.3. The Bertz CT molecular complexity index is 1180. The van der Waals surface area contributed by atoms with Gasteiger partial charge in [0.2, 0.25) is 10.0 Å². The lowest BCUT2D eigenvalue weighted by molar-refractivity contribution is 0.0954. The molecular formula is C22H23ClN2O6S. The van der Waals surface area contributed by atoms with Gasteiger partial charge in [0.25, 0.3) is 5.91 Å². The van der Waals surface area contributed by atoms with Crippen molar-refractivity contribution in [2.45, 2.75) is 17.9 Å². The first-order valence-electron chi connectivity index (χ1n) is 9.64. The van der Waals surface area contributed by atoms with E-state index in [-0.39, 0.29) is 22.0 Å². The Morgan fingerprint density at radius 3 is 2.53 bits per heavy atom. The summed E-state index contributed by atoms with van der Waals surface area (Å²) in [6.07, 6.45) is 2.00. The third kappa shape index (κ3) is 5.82. The van der Waals surface area contributed by atoms with Crippen LogP contribution in [0.5, 0.6) is 11.5 Å². The Morgan fingerprint density at radius 1 is 1.06 bits per heavy atom. The molecule has 1 amide bonds. The first-order valence-corrected chi connectivity index (χ1v) is 11.5. The van der Waals surface area contributed by atoms with Crippen LogP contribution in [0.15, 0.2) is 64.1 Å². The lowest BCUT2D eigenvalue weighted by Crippen LogP contribution is -2.27. The smallest absolute Gasteiger partial charge is 0.251 e. The van der Waals surface area contributed by atoms with Crippen LogP contribution in [0.25, 0.3) is 0 Å². The van der Waals surface area contributed by atoms with Gasteiger partial charge >= 0.3 is 0 Å². The predicted molar refractivity (Wildman–Crippen MR) is 120 cm³/mol. The molecule has 0 aliphatic rings. The highest BCUT2D eigenvalue weighted by Crippen LogP contribution is 2.27. The number of hydrogen-bond donors (Lipinski definition) is 2. The van der Waals surface area contributed by atoms with Gasteiger partial charge in [0.1, 0.15) is 10.7 Å². The highest BCUT2D eigenvalue weighted by molar-refractivity contribution is 7.89. The fraction of sp³-hybridized carbons (Fsp3) is 0.227. The number of amides is 1. The van der Waals surface area contributed by atoms with E-state index in [4.69, 9.17) is 25.5 Å². The van der Waals surface area contributed by atoms with Crippen molar-refractivity contribution in [3.8, 4) is 11.5 Å². The van der Waals surface area contributed by atoms with Crippen molar-refractivity contribution in [3.63, 3.8) is 0 Å². The van der Waals surface area contributed by atoms with E-state index in [1.165, 1.54) is 24.5 Å². The van der Waals surface area contributed by atoms with Gasteiger partial charge in [-0.25, -0.2) is 13.1 Å². The molecule has 0 bridgehead atoms. The van der Waals surface area contributed by atoms with Gasteiger partial charge in [-0.1, -0.05) is 17.7 Å². The van der Waals surface area contributed by atoms with Gasteiger partial charge in [-0.3, -0.25) is 4.79 Å². The van der Waals surface area contributed by atoms with Crippen LogP contribution in [-0.2, 0) is 23.0 Å². The maximum absolute atomic E-state index is 12.6. The molecule has 0 aliphatic carbocycles. The van der Waals surface area contributed by atoms with Crippen molar-refractivity contribution in [1.29, 1.82) is 0 Å². The molecule has 170 valence electrons. The molecule has 0 spiro atoms. The van der Waals surface area contributed by atoms with Crippen molar-refractivity contribution in [1.82, 2.24) is 10.0 Å². The summed E-state index contributed by atoms with van der Waals surface area (Å²) in [4.78, 5) is 12.4. The van der Waals surface area contributed by atoms with Crippen LogP contribution in [0, 0.1) is 0 Å². The minimum absolute atomic E-state index is 0.0128. The van der Waals surface area contributed by atoms with E-state index in [1.54, 1.807) is 32.4 Å². The van der Waals surface area contributed by atoms with Crippen LogP contribution >= 0.6 is 11.6 Å². The summed E-state index contributed by atoms with van der Waals surface area (Å²) >= 11 is 6.09. The van der Waals surface area contributed by atoms with Gasteiger partial charge in [0.05, 0.1) is 32.1 Å². The number of sulfonamides is 1. The average molecular weight is 479 g/mol. The van der Waals surface area contributed by atoms with Gasteiger partial charge in [0, 0.05) is 12.1 Å². The number of benzene rings is 2. The summed E-state index contributed by atoms with van der Waals surface area (Å²) < 4.78 is 43.3. The Balaban J connectivity index is 1.64. The van der Waals surface area contributed by atoms with Crippen LogP contribution in [0.4, 0.5) is 0 Å². The van der Waals surface area contributed by atoms with Crippen molar-refractivity contribution < 1.29 is 27.1 Å². The zero-order valence-corrected chi connectivity index (χ0v) is 19.1. The molecular weight excluding hydrogens is 456 g/mol. The van der Waals surface area contributed by atoms with Crippen LogP contribution in [0.1, 0.15) is 21.7 Å². The number of carbonyl (C=O) groups is 1. The molecule has 10 heteroatoms. The second-order valence-electron chi connectivity index (χ2n) is 6.74. The second-order valence-corrected chi connectivity index (χ2v) is 8.89. The minimum Gasteiger partial charge on any atom is -0.493 e. The summed E-state index contributed by atoms with van der Waals surface area (Å²) in [5.41, 5.74) is 1.13. The molecule has 0 atom stereocenters. The molecule has 8 nitrogen and oxygen atoms in total. The molecule has 0 aliphatic heterocycles. The molecule has 0 radical (unpaired) electrons. The van der Waals surface area contributed by atoms with Crippen molar-refractivity contribution in [3.05, 3.63) is 76.7 Å². The van der Waals surface area contributed by atoms with E-state index in [0.717, 1.165) is 5.56 Å². The molecule has 0 fully saturated rings. The Labute approximate surface area is 191 Å². The van der Waals surface area contributed by atoms with E-state index < -0.39 is 15.9 Å². The number of ether oxygens (including phenoxy) is 2. The largest absolute Gasteiger partial charge is 0.493 e. The molecule has 3 rings (SSSR count). The SMILES string of the molecule is COc1ccc(CCNC(=O)c2ccc(Cl)c(S(=O)(=O)NCc3ccco3)c2)cc1OC. The zero-order valence-electron chi connectivity index (χ0n) is 17.6. The molecule has 0 unspecified atom stereocenters. The number of carbonyl (C=O) groups excluding carboxylic acids is 1.